The third-order valence-electron chi connectivity index (χ3n) is 3.12. The molecule has 2 rings (SSSR count). The molecule has 0 aliphatic heterocycles. The molecule has 7 heteroatoms. The molecule has 124 valence electrons. The zero-order valence-corrected chi connectivity index (χ0v) is 13.1. The van der Waals surface area contributed by atoms with Gasteiger partial charge >= 0.3 is 6.18 Å². The number of methoxy groups -OCH3 is 1. The van der Waals surface area contributed by atoms with E-state index in [1.165, 1.54) is 13.2 Å². The molecule has 2 aromatic carbocycles. The lowest BCUT2D eigenvalue weighted by molar-refractivity contribution is -0.137. The van der Waals surface area contributed by atoms with E-state index in [4.69, 9.17) is 16.3 Å². The second-order valence-electron chi connectivity index (χ2n) is 4.78. The van der Waals surface area contributed by atoms with Gasteiger partial charge in [0, 0.05) is 24.5 Å². The molecule has 3 nitrogen and oxygen atoms in total. The van der Waals surface area contributed by atoms with Gasteiger partial charge < -0.3 is 15.4 Å². The van der Waals surface area contributed by atoms with Crippen LogP contribution in [0.4, 0.5) is 24.5 Å². The van der Waals surface area contributed by atoms with Crippen LogP contribution in [0.3, 0.4) is 0 Å². The highest BCUT2D eigenvalue weighted by atomic mass is 35.5. The second-order valence-corrected chi connectivity index (χ2v) is 5.19. The predicted octanol–water partition coefficient (Wildman–Crippen LogP) is 4.89. The number of rotatable bonds is 6. The van der Waals surface area contributed by atoms with Crippen LogP contribution in [-0.2, 0) is 6.18 Å². The fourth-order valence-corrected chi connectivity index (χ4v) is 2.25. The van der Waals surface area contributed by atoms with Crippen LogP contribution in [-0.4, -0.2) is 20.2 Å². The maximum atomic E-state index is 12.6. The molecule has 0 radical (unpaired) electrons. The zero-order valence-electron chi connectivity index (χ0n) is 12.4. The lowest BCUT2D eigenvalue weighted by Crippen LogP contribution is -2.14. The minimum Gasteiger partial charge on any atom is -0.495 e. The monoisotopic (exact) mass is 344 g/mol. The van der Waals surface area contributed by atoms with Crippen molar-refractivity contribution in [2.45, 2.75) is 6.18 Å². The molecule has 2 N–H and O–H groups in total. The SMILES string of the molecule is COc1ccc(NCCNc2cccc(C(F)(F)F)c2)cc1Cl. The van der Waals surface area contributed by atoms with E-state index in [0.717, 1.165) is 17.8 Å². The van der Waals surface area contributed by atoms with Gasteiger partial charge in [0.15, 0.2) is 0 Å². The molecule has 0 saturated carbocycles. The van der Waals surface area contributed by atoms with Crippen molar-refractivity contribution in [1.82, 2.24) is 0 Å². The maximum absolute atomic E-state index is 12.6. The Kier molecular flexibility index (Phi) is 5.60. The van der Waals surface area contributed by atoms with E-state index in [-0.39, 0.29) is 0 Å². The van der Waals surface area contributed by atoms with Gasteiger partial charge in [0.1, 0.15) is 5.75 Å². The van der Waals surface area contributed by atoms with E-state index >= 15 is 0 Å². The summed E-state index contributed by atoms with van der Waals surface area (Å²) in [6, 6.07) is 10.4. The summed E-state index contributed by atoms with van der Waals surface area (Å²) in [5.41, 5.74) is 0.563. The molecule has 0 bridgehead atoms. The Morgan fingerprint density at radius 2 is 1.65 bits per heavy atom. The van der Waals surface area contributed by atoms with Gasteiger partial charge in [-0.05, 0) is 36.4 Å². The zero-order chi connectivity index (χ0) is 16.9. The van der Waals surface area contributed by atoms with Gasteiger partial charge in [-0.3, -0.25) is 0 Å². The summed E-state index contributed by atoms with van der Waals surface area (Å²) < 4.78 is 42.9. The molecule has 0 unspecified atom stereocenters. The summed E-state index contributed by atoms with van der Waals surface area (Å²) in [5.74, 6) is 0.583. The van der Waals surface area contributed by atoms with E-state index < -0.39 is 11.7 Å². The number of benzene rings is 2. The van der Waals surface area contributed by atoms with Gasteiger partial charge in [0.05, 0.1) is 17.7 Å². The number of hydrogen-bond acceptors (Lipinski definition) is 3. The van der Waals surface area contributed by atoms with Gasteiger partial charge in [-0.1, -0.05) is 17.7 Å². The molecular formula is C16H16ClF3N2O. The number of alkyl halides is 3. The standard InChI is InChI=1S/C16H16ClF3N2O/c1-23-15-6-5-13(10-14(15)17)22-8-7-21-12-4-2-3-11(9-12)16(18,19)20/h2-6,9-10,21-22H,7-8H2,1H3. The molecule has 0 saturated heterocycles. The van der Waals surface area contributed by atoms with Crippen LogP contribution < -0.4 is 15.4 Å². The van der Waals surface area contributed by atoms with E-state index in [0.29, 0.717) is 29.5 Å². The summed E-state index contributed by atoms with van der Waals surface area (Å²) in [7, 11) is 1.54. The van der Waals surface area contributed by atoms with Crippen LogP contribution >= 0.6 is 11.6 Å². The fraction of sp³-hybridized carbons (Fsp3) is 0.250. The lowest BCUT2D eigenvalue weighted by Gasteiger charge is -2.12. The maximum Gasteiger partial charge on any atom is 0.416 e. The van der Waals surface area contributed by atoms with E-state index in [1.807, 2.05) is 6.07 Å². The highest BCUT2D eigenvalue weighted by molar-refractivity contribution is 6.32. The van der Waals surface area contributed by atoms with Gasteiger partial charge in [-0.2, -0.15) is 13.2 Å². The lowest BCUT2D eigenvalue weighted by atomic mass is 10.2. The van der Waals surface area contributed by atoms with Crippen LogP contribution in [0.15, 0.2) is 42.5 Å². The smallest absolute Gasteiger partial charge is 0.416 e. The highest BCUT2D eigenvalue weighted by Crippen LogP contribution is 2.30. The Morgan fingerprint density at radius 1 is 1.00 bits per heavy atom. The van der Waals surface area contributed by atoms with Crippen molar-refractivity contribution >= 4 is 23.0 Å². The van der Waals surface area contributed by atoms with Crippen LogP contribution in [0.2, 0.25) is 5.02 Å². The molecule has 0 aromatic heterocycles. The van der Waals surface area contributed by atoms with Gasteiger partial charge in [-0.25, -0.2) is 0 Å². The van der Waals surface area contributed by atoms with E-state index in [2.05, 4.69) is 10.6 Å². The van der Waals surface area contributed by atoms with Crippen molar-refractivity contribution in [3.05, 3.63) is 53.1 Å². The van der Waals surface area contributed by atoms with Crippen molar-refractivity contribution in [3.63, 3.8) is 0 Å². The van der Waals surface area contributed by atoms with Crippen LogP contribution in [0, 0.1) is 0 Å². The molecule has 0 aliphatic rings. The topological polar surface area (TPSA) is 33.3 Å². The Morgan fingerprint density at radius 3 is 2.22 bits per heavy atom. The minimum absolute atomic E-state index is 0.425. The molecule has 2 aromatic rings. The third kappa shape index (κ3) is 4.96. The van der Waals surface area contributed by atoms with Crippen molar-refractivity contribution in [3.8, 4) is 5.75 Å². The average Bonchev–Trinajstić information content (AvgIpc) is 2.51. The Hall–Kier alpha value is -2.08. The van der Waals surface area contributed by atoms with Crippen molar-refractivity contribution in [1.29, 1.82) is 0 Å². The van der Waals surface area contributed by atoms with Crippen molar-refractivity contribution < 1.29 is 17.9 Å². The summed E-state index contributed by atoms with van der Waals surface area (Å²) in [5, 5.41) is 6.56. The largest absolute Gasteiger partial charge is 0.495 e. The Labute approximate surface area is 137 Å². The number of anilines is 2. The molecule has 0 spiro atoms. The molecule has 0 aliphatic carbocycles. The third-order valence-corrected chi connectivity index (χ3v) is 3.42. The molecular weight excluding hydrogens is 329 g/mol. The first-order valence-corrected chi connectivity index (χ1v) is 7.26. The molecule has 0 heterocycles. The van der Waals surface area contributed by atoms with E-state index in [9.17, 15) is 13.2 Å². The first-order valence-electron chi connectivity index (χ1n) is 6.88. The Balaban J connectivity index is 1.85. The number of nitrogens with one attached hydrogen (secondary N) is 2. The molecule has 0 fully saturated rings. The second kappa shape index (κ2) is 7.46. The molecule has 0 amide bonds. The van der Waals surface area contributed by atoms with E-state index in [1.54, 1.807) is 18.2 Å². The highest BCUT2D eigenvalue weighted by Gasteiger charge is 2.30. The number of halogens is 4. The van der Waals surface area contributed by atoms with Gasteiger partial charge in [-0.15, -0.1) is 0 Å². The minimum atomic E-state index is -4.34. The van der Waals surface area contributed by atoms with Crippen LogP contribution in [0.5, 0.6) is 5.75 Å². The van der Waals surface area contributed by atoms with Gasteiger partial charge in [0.25, 0.3) is 0 Å². The number of ether oxygens (including phenoxy) is 1. The van der Waals surface area contributed by atoms with Crippen molar-refractivity contribution in [2.75, 3.05) is 30.8 Å². The first kappa shape index (κ1) is 17.3. The number of hydrogen-bond donors (Lipinski definition) is 2. The molecule has 23 heavy (non-hydrogen) atoms. The quantitative estimate of drug-likeness (QED) is 0.732. The summed E-state index contributed by atoms with van der Waals surface area (Å²) >= 11 is 6.01. The fourth-order valence-electron chi connectivity index (χ4n) is 2.00. The normalized spacial score (nSPS) is 11.2. The molecule has 0 atom stereocenters. The predicted molar refractivity (Wildman–Crippen MR) is 86.4 cm³/mol. The Bertz CT molecular complexity index is 662. The van der Waals surface area contributed by atoms with Crippen molar-refractivity contribution in [2.24, 2.45) is 0 Å². The average molecular weight is 345 g/mol. The van der Waals surface area contributed by atoms with Gasteiger partial charge in [0.2, 0.25) is 0 Å². The summed E-state index contributed by atoms with van der Waals surface area (Å²) in [4.78, 5) is 0. The van der Waals surface area contributed by atoms with Crippen LogP contribution in [0.25, 0.3) is 0 Å². The first-order chi connectivity index (χ1) is 10.9. The van der Waals surface area contributed by atoms with Crippen LogP contribution in [0.1, 0.15) is 5.56 Å². The summed E-state index contributed by atoms with van der Waals surface area (Å²) in [6.07, 6.45) is -4.34. The summed E-state index contributed by atoms with van der Waals surface area (Å²) in [6.45, 7) is 0.990.